The first-order valence-corrected chi connectivity index (χ1v) is 5.47. The maximum atomic E-state index is 12.7. The zero-order valence-corrected chi connectivity index (χ0v) is 10.0. The van der Waals surface area contributed by atoms with Gasteiger partial charge in [0, 0.05) is 28.2 Å². The number of hydrogen-bond acceptors (Lipinski definition) is 2. The van der Waals surface area contributed by atoms with Gasteiger partial charge in [-0.25, -0.2) is 8.79 Å². The Labute approximate surface area is 95.4 Å². The first kappa shape index (κ1) is 11.5. The molecule has 0 aliphatic heterocycles. The predicted octanol–water partition coefficient (Wildman–Crippen LogP) is 4.19. The minimum atomic E-state index is -0.262. The minimum Gasteiger partial charge on any atom is -0.219 e. The zero-order valence-electron chi connectivity index (χ0n) is 7.63. The first-order valence-electron chi connectivity index (χ1n) is 3.90. The van der Waals surface area contributed by atoms with Gasteiger partial charge in [-0.2, -0.15) is 0 Å². The molecule has 0 saturated heterocycles. The van der Waals surface area contributed by atoms with E-state index in [9.17, 15) is 4.39 Å². The highest BCUT2D eigenvalue weighted by molar-refractivity contribution is 9.10. The number of allylic oxidation sites excluding steroid dienone is 1. The highest BCUT2D eigenvalue weighted by Gasteiger charge is 1.97. The van der Waals surface area contributed by atoms with Crippen LogP contribution in [-0.2, 0) is 0 Å². The topological polar surface area (TPSA) is 12.4 Å². The van der Waals surface area contributed by atoms with E-state index in [0.29, 0.717) is 4.47 Å². The van der Waals surface area contributed by atoms with Crippen LogP contribution in [0, 0.1) is 5.82 Å². The van der Waals surface area contributed by atoms with E-state index in [4.69, 9.17) is 0 Å². The average Bonchev–Trinajstić information content (AvgIpc) is 2.08. The molecule has 0 aliphatic carbocycles. The van der Waals surface area contributed by atoms with E-state index in [1.54, 1.807) is 12.3 Å². The summed E-state index contributed by atoms with van der Waals surface area (Å²) in [5.41, 5.74) is 0.847. The van der Waals surface area contributed by atoms with Gasteiger partial charge in [-0.1, -0.05) is 22.5 Å². The lowest BCUT2D eigenvalue weighted by molar-refractivity contribution is 0.627. The van der Waals surface area contributed by atoms with Crippen LogP contribution < -0.4 is 0 Å². The molecule has 0 amide bonds. The van der Waals surface area contributed by atoms with Gasteiger partial charge in [0.25, 0.3) is 0 Å². The molecule has 0 radical (unpaired) electrons. The van der Waals surface area contributed by atoms with Crippen LogP contribution >= 0.6 is 27.9 Å². The van der Waals surface area contributed by atoms with Crippen LogP contribution in [-0.4, -0.2) is 6.21 Å². The fraction of sp³-hybridized carbons (Fsp3) is 0.100. The van der Waals surface area contributed by atoms with Gasteiger partial charge >= 0.3 is 0 Å². The molecule has 0 atom stereocenters. The molecule has 74 valence electrons. The SMILES string of the molecule is C=C(C)SN=Cc1ccc(F)cc1Br. The third-order valence-corrected chi connectivity index (χ3v) is 2.57. The molecule has 1 nitrogen and oxygen atoms in total. The zero-order chi connectivity index (χ0) is 10.6. The highest BCUT2D eigenvalue weighted by Crippen LogP contribution is 2.18. The summed E-state index contributed by atoms with van der Waals surface area (Å²) in [6, 6.07) is 4.48. The standard InChI is InChI=1S/C10H9BrFNS/c1-7(2)14-13-6-8-3-4-9(12)5-10(8)11/h3-6H,1H2,2H3. The van der Waals surface area contributed by atoms with Crippen molar-refractivity contribution in [3.05, 3.63) is 45.5 Å². The van der Waals surface area contributed by atoms with Gasteiger partial charge in [-0.05, 0) is 30.0 Å². The van der Waals surface area contributed by atoms with E-state index in [-0.39, 0.29) is 5.82 Å². The maximum absolute atomic E-state index is 12.7. The third-order valence-electron chi connectivity index (χ3n) is 1.36. The van der Waals surface area contributed by atoms with Gasteiger partial charge < -0.3 is 0 Å². The molecule has 14 heavy (non-hydrogen) atoms. The van der Waals surface area contributed by atoms with Crippen molar-refractivity contribution in [1.82, 2.24) is 0 Å². The molecule has 0 bridgehead atoms. The van der Waals surface area contributed by atoms with E-state index in [1.807, 2.05) is 6.92 Å². The van der Waals surface area contributed by atoms with Crippen LogP contribution in [0.15, 0.2) is 38.6 Å². The van der Waals surface area contributed by atoms with Gasteiger partial charge in [0.1, 0.15) is 5.82 Å². The Kier molecular flexibility index (Phi) is 4.35. The molecule has 0 saturated carbocycles. The van der Waals surface area contributed by atoms with Crippen LogP contribution in [0.25, 0.3) is 0 Å². The molecule has 0 N–H and O–H groups in total. The van der Waals surface area contributed by atoms with Gasteiger partial charge in [0.15, 0.2) is 0 Å². The summed E-state index contributed by atoms with van der Waals surface area (Å²) in [6.07, 6.45) is 1.67. The van der Waals surface area contributed by atoms with Gasteiger partial charge in [0.05, 0.1) is 0 Å². The van der Waals surface area contributed by atoms with E-state index < -0.39 is 0 Å². The number of benzene rings is 1. The molecule has 0 heterocycles. The first-order chi connectivity index (χ1) is 6.59. The normalized spacial score (nSPS) is 10.8. The number of rotatable bonds is 3. The smallest absolute Gasteiger partial charge is 0.124 e. The number of halogens is 2. The Bertz CT molecular complexity index is 376. The molecular weight excluding hydrogens is 265 g/mol. The number of hydrogen-bond donors (Lipinski definition) is 0. The largest absolute Gasteiger partial charge is 0.219 e. The van der Waals surface area contributed by atoms with Crippen molar-refractivity contribution < 1.29 is 4.39 Å². The lowest BCUT2D eigenvalue weighted by Gasteiger charge is -1.97. The fourth-order valence-corrected chi connectivity index (χ4v) is 1.58. The highest BCUT2D eigenvalue weighted by atomic mass is 79.9. The summed E-state index contributed by atoms with van der Waals surface area (Å²) in [5, 5.41) is 0. The van der Waals surface area contributed by atoms with Crippen LogP contribution in [0.1, 0.15) is 12.5 Å². The monoisotopic (exact) mass is 273 g/mol. The van der Waals surface area contributed by atoms with Crippen molar-refractivity contribution in [2.24, 2.45) is 4.40 Å². The third kappa shape index (κ3) is 3.64. The Balaban J connectivity index is 2.76. The molecule has 0 aromatic heterocycles. The van der Waals surface area contributed by atoms with Crippen molar-refractivity contribution in [1.29, 1.82) is 0 Å². The molecular formula is C10H9BrFNS. The predicted molar refractivity (Wildman–Crippen MR) is 64.1 cm³/mol. The average molecular weight is 274 g/mol. The summed E-state index contributed by atoms with van der Waals surface area (Å²) in [5.74, 6) is -0.262. The van der Waals surface area contributed by atoms with Crippen LogP contribution in [0.2, 0.25) is 0 Å². The van der Waals surface area contributed by atoms with Crippen LogP contribution in [0.4, 0.5) is 4.39 Å². The summed E-state index contributed by atoms with van der Waals surface area (Å²) in [4.78, 5) is 0.916. The molecule has 1 rings (SSSR count). The second-order valence-electron chi connectivity index (χ2n) is 2.69. The second kappa shape index (κ2) is 5.32. The van der Waals surface area contributed by atoms with Crippen LogP contribution in [0.5, 0.6) is 0 Å². The molecule has 1 aromatic rings. The van der Waals surface area contributed by atoms with Gasteiger partial charge in [-0.15, -0.1) is 0 Å². The van der Waals surface area contributed by atoms with E-state index in [0.717, 1.165) is 10.5 Å². The molecule has 0 aliphatic rings. The Hall–Kier alpha value is -0.610. The van der Waals surface area contributed by atoms with Crippen molar-refractivity contribution in [3.63, 3.8) is 0 Å². The van der Waals surface area contributed by atoms with E-state index in [1.165, 1.54) is 24.1 Å². The van der Waals surface area contributed by atoms with Gasteiger partial charge in [-0.3, -0.25) is 0 Å². The maximum Gasteiger partial charge on any atom is 0.124 e. The van der Waals surface area contributed by atoms with Crippen molar-refractivity contribution in [2.45, 2.75) is 6.92 Å². The minimum absolute atomic E-state index is 0.262. The van der Waals surface area contributed by atoms with Crippen LogP contribution in [0.3, 0.4) is 0 Å². The summed E-state index contributed by atoms with van der Waals surface area (Å²) in [7, 11) is 0. The second-order valence-corrected chi connectivity index (χ2v) is 4.64. The molecule has 0 unspecified atom stereocenters. The summed E-state index contributed by atoms with van der Waals surface area (Å²) >= 11 is 4.55. The fourth-order valence-electron chi connectivity index (χ4n) is 0.779. The quantitative estimate of drug-likeness (QED) is 0.594. The Morgan fingerprint density at radius 2 is 2.36 bits per heavy atom. The molecule has 0 fully saturated rings. The van der Waals surface area contributed by atoms with Crippen molar-refractivity contribution >= 4 is 34.1 Å². The van der Waals surface area contributed by atoms with E-state index in [2.05, 4.69) is 26.9 Å². The number of nitrogens with zero attached hydrogens (tertiary/aromatic N) is 1. The molecule has 1 aromatic carbocycles. The molecule has 4 heteroatoms. The summed E-state index contributed by atoms with van der Waals surface area (Å²) < 4.78 is 17.5. The van der Waals surface area contributed by atoms with E-state index >= 15 is 0 Å². The van der Waals surface area contributed by atoms with Crippen molar-refractivity contribution in [3.8, 4) is 0 Å². The summed E-state index contributed by atoms with van der Waals surface area (Å²) in [6.45, 7) is 5.58. The van der Waals surface area contributed by atoms with Gasteiger partial charge in [0.2, 0.25) is 0 Å². The lowest BCUT2D eigenvalue weighted by atomic mass is 10.2. The Morgan fingerprint density at radius 1 is 1.64 bits per heavy atom. The lowest BCUT2D eigenvalue weighted by Crippen LogP contribution is -1.83. The van der Waals surface area contributed by atoms with Crippen molar-refractivity contribution in [2.75, 3.05) is 0 Å². The Morgan fingerprint density at radius 3 is 2.93 bits per heavy atom. The molecule has 0 spiro atoms.